The predicted molar refractivity (Wildman–Crippen MR) is 82.4 cm³/mol. The molecular weight excluding hydrogens is 320 g/mol. The Labute approximate surface area is 126 Å². The first kappa shape index (κ1) is 14.7. The molecule has 0 bridgehead atoms. The van der Waals surface area contributed by atoms with Crippen LogP contribution in [0.2, 0.25) is 0 Å². The number of nitrogens with two attached hydrogens (primary N) is 1. The molecule has 4 nitrogen and oxygen atoms in total. The maximum absolute atomic E-state index is 12.1. The van der Waals surface area contributed by atoms with Gasteiger partial charge in [-0.3, -0.25) is 0 Å². The van der Waals surface area contributed by atoms with Crippen LogP contribution in [-0.4, -0.2) is 10.5 Å². The normalized spacial score (nSPS) is 10.5. The summed E-state index contributed by atoms with van der Waals surface area (Å²) in [5.41, 5.74) is 7.76. The van der Waals surface area contributed by atoms with Crippen molar-refractivity contribution < 1.29 is 9.53 Å². The molecule has 0 saturated heterocycles. The van der Waals surface area contributed by atoms with E-state index in [1.54, 1.807) is 12.3 Å². The molecule has 0 saturated carbocycles. The monoisotopic (exact) mass is 336 g/mol. The van der Waals surface area contributed by atoms with Crippen molar-refractivity contribution >= 4 is 27.6 Å². The van der Waals surface area contributed by atoms with E-state index in [0.29, 0.717) is 11.4 Å². The molecule has 0 aliphatic carbocycles. The summed E-state index contributed by atoms with van der Waals surface area (Å²) in [6.45, 7) is 3.05. The zero-order valence-corrected chi connectivity index (χ0v) is 12.9. The van der Waals surface area contributed by atoms with Gasteiger partial charge in [-0.25, -0.2) is 4.79 Å². The number of rotatable bonds is 5. The van der Waals surface area contributed by atoms with Crippen LogP contribution in [0.25, 0.3) is 0 Å². The molecule has 2 rings (SSSR count). The minimum absolute atomic E-state index is 0.253. The summed E-state index contributed by atoms with van der Waals surface area (Å²) in [7, 11) is 0. The first-order valence-electron chi connectivity index (χ1n) is 6.47. The summed E-state index contributed by atoms with van der Waals surface area (Å²) in [5.74, 6) is -0.349. The van der Waals surface area contributed by atoms with Crippen LogP contribution in [0.3, 0.4) is 0 Å². The second kappa shape index (κ2) is 6.61. The van der Waals surface area contributed by atoms with Crippen LogP contribution in [-0.2, 0) is 17.9 Å². The number of halogens is 1. The molecule has 1 heterocycles. The van der Waals surface area contributed by atoms with Gasteiger partial charge >= 0.3 is 5.97 Å². The van der Waals surface area contributed by atoms with Crippen molar-refractivity contribution in [3.63, 3.8) is 0 Å². The molecule has 0 amide bonds. The summed E-state index contributed by atoms with van der Waals surface area (Å²) in [6, 6.07) is 9.31. The number of carbonyl (C=O) groups excluding carboxylic acids is 1. The van der Waals surface area contributed by atoms with Crippen molar-refractivity contribution in [3.8, 4) is 0 Å². The highest BCUT2D eigenvalue weighted by molar-refractivity contribution is 9.10. The first-order chi connectivity index (χ1) is 9.60. The Balaban J connectivity index is 2.03. The number of esters is 1. The molecule has 2 N–H and O–H groups in total. The van der Waals surface area contributed by atoms with Crippen molar-refractivity contribution in [2.75, 3.05) is 5.73 Å². The largest absolute Gasteiger partial charge is 0.456 e. The van der Waals surface area contributed by atoms with Crippen molar-refractivity contribution in [2.45, 2.75) is 26.5 Å². The van der Waals surface area contributed by atoms with Crippen LogP contribution in [0.4, 0.5) is 5.69 Å². The number of aromatic nitrogens is 1. The first-order valence-corrected chi connectivity index (χ1v) is 7.26. The van der Waals surface area contributed by atoms with Crippen molar-refractivity contribution in [2.24, 2.45) is 0 Å². The van der Waals surface area contributed by atoms with Gasteiger partial charge in [0.15, 0.2) is 0 Å². The van der Waals surface area contributed by atoms with Gasteiger partial charge < -0.3 is 15.0 Å². The van der Waals surface area contributed by atoms with Crippen molar-refractivity contribution in [1.82, 2.24) is 4.57 Å². The summed E-state index contributed by atoms with van der Waals surface area (Å²) >= 11 is 3.37. The minimum atomic E-state index is -0.349. The van der Waals surface area contributed by atoms with Crippen LogP contribution in [0, 0.1) is 0 Å². The van der Waals surface area contributed by atoms with E-state index in [2.05, 4.69) is 15.9 Å². The third-order valence-electron chi connectivity index (χ3n) is 2.87. The van der Waals surface area contributed by atoms with Crippen LogP contribution in [0.5, 0.6) is 0 Å². The third-order valence-corrected chi connectivity index (χ3v) is 3.40. The van der Waals surface area contributed by atoms with Gasteiger partial charge in [0.2, 0.25) is 0 Å². The zero-order chi connectivity index (χ0) is 14.5. The van der Waals surface area contributed by atoms with E-state index in [4.69, 9.17) is 10.5 Å². The average molecular weight is 337 g/mol. The highest BCUT2D eigenvalue weighted by Gasteiger charge is 2.14. The maximum atomic E-state index is 12.1. The molecule has 0 atom stereocenters. The molecule has 2 aromatic rings. The van der Waals surface area contributed by atoms with E-state index in [1.165, 1.54) is 0 Å². The second-order valence-corrected chi connectivity index (χ2v) is 5.47. The Hall–Kier alpha value is -1.75. The lowest BCUT2D eigenvalue weighted by Gasteiger charge is -2.08. The van der Waals surface area contributed by atoms with Crippen molar-refractivity contribution in [3.05, 3.63) is 52.3 Å². The molecule has 0 spiro atoms. The second-order valence-electron chi connectivity index (χ2n) is 4.55. The lowest BCUT2D eigenvalue weighted by molar-refractivity contribution is 0.0460. The fourth-order valence-corrected chi connectivity index (χ4v) is 2.20. The number of nitrogens with zero attached hydrogens (tertiary/aromatic N) is 1. The van der Waals surface area contributed by atoms with Crippen LogP contribution in [0.1, 0.15) is 29.4 Å². The summed E-state index contributed by atoms with van der Waals surface area (Å²) in [4.78, 5) is 12.1. The van der Waals surface area contributed by atoms with E-state index >= 15 is 0 Å². The Bertz CT molecular complexity index is 590. The number of hydrogen-bond donors (Lipinski definition) is 1. The number of carbonyl (C=O) groups is 1. The number of anilines is 1. The van der Waals surface area contributed by atoms with E-state index < -0.39 is 0 Å². The molecule has 1 aromatic heterocycles. The minimum Gasteiger partial charge on any atom is -0.456 e. The van der Waals surface area contributed by atoms with E-state index in [-0.39, 0.29) is 12.6 Å². The fourth-order valence-electron chi connectivity index (χ4n) is 1.93. The van der Waals surface area contributed by atoms with Gasteiger partial charge in [-0.2, -0.15) is 0 Å². The predicted octanol–water partition coefficient (Wildman–Crippen LogP) is 3.60. The van der Waals surface area contributed by atoms with E-state index in [9.17, 15) is 4.79 Å². The maximum Gasteiger partial charge on any atom is 0.355 e. The van der Waals surface area contributed by atoms with Gasteiger partial charge in [0, 0.05) is 17.2 Å². The molecule has 0 unspecified atom stereocenters. The topological polar surface area (TPSA) is 57.2 Å². The molecule has 106 valence electrons. The van der Waals surface area contributed by atoms with Crippen molar-refractivity contribution in [1.29, 1.82) is 0 Å². The summed E-state index contributed by atoms with van der Waals surface area (Å²) in [6.07, 6.45) is 2.70. The SMILES string of the molecule is CCCn1cc(N)cc1C(=O)OCc1ccc(Br)cc1. The average Bonchev–Trinajstić information content (AvgIpc) is 2.79. The summed E-state index contributed by atoms with van der Waals surface area (Å²) in [5, 5.41) is 0. The zero-order valence-electron chi connectivity index (χ0n) is 11.3. The van der Waals surface area contributed by atoms with E-state index in [1.807, 2.05) is 35.8 Å². The number of ether oxygens (including phenoxy) is 1. The Morgan fingerprint density at radius 1 is 1.35 bits per heavy atom. The molecular formula is C15H17BrN2O2. The smallest absolute Gasteiger partial charge is 0.355 e. The molecule has 20 heavy (non-hydrogen) atoms. The van der Waals surface area contributed by atoms with E-state index in [0.717, 1.165) is 23.0 Å². The Morgan fingerprint density at radius 3 is 2.70 bits per heavy atom. The van der Waals surface area contributed by atoms with Gasteiger partial charge in [-0.1, -0.05) is 35.0 Å². The quantitative estimate of drug-likeness (QED) is 0.848. The summed E-state index contributed by atoms with van der Waals surface area (Å²) < 4.78 is 8.15. The number of nitrogen functional groups attached to an aromatic ring is 1. The molecule has 0 aliphatic rings. The Morgan fingerprint density at radius 2 is 2.05 bits per heavy atom. The van der Waals surface area contributed by atoms with Crippen LogP contribution < -0.4 is 5.73 Å². The van der Waals surface area contributed by atoms with Crippen LogP contribution >= 0.6 is 15.9 Å². The number of hydrogen-bond acceptors (Lipinski definition) is 3. The fraction of sp³-hybridized carbons (Fsp3) is 0.267. The van der Waals surface area contributed by atoms with Gasteiger partial charge in [0.05, 0.1) is 5.69 Å². The number of aryl methyl sites for hydroxylation is 1. The molecule has 0 radical (unpaired) electrons. The molecule has 1 aromatic carbocycles. The van der Waals surface area contributed by atoms with Gasteiger partial charge in [0.25, 0.3) is 0 Å². The van der Waals surface area contributed by atoms with Gasteiger partial charge in [-0.05, 0) is 30.2 Å². The highest BCUT2D eigenvalue weighted by Crippen LogP contribution is 2.15. The molecule has 5 heteroatoms. The lowest BCUT2D eigenvalue weighted by atomic mass is 10.2. The molecule has 0 aliphatic heterocycles. The molecule has 0 fully saturated rings. The lowest BCUT2D eigenvalue weighted by Crippen LogP contribution is -2.11. The third kappa shape index (κ3) is 3.63. The standard InChI is InChI=1S/C15H17BrN2O2/c1-2-7-18-9-13(17)8-14(18)15(19)20-10-11-3-5-12(16)6-4-11/h3-6,8-9H,2,7,10,17H2,1H3. The van der Waals surface area contributed by atoms with Crippen LogP contribution in [0.15, 0.2) is 41.0 Å². The number of benzene rings is 1. The van der Waals surface area contributed by atoms with Gasteiger partial charge in [0.1, 0.15) is 12.3 Å². The highest BCUT2D eigenvalue weighted by atomic mass is 79.9. The Kier molecular flexibility index (Phi) is 4.84. The van der Waals surface area contributed by atoms with Gasteiger partial charge in [-0.15, -0.1) is 0 Å².